The number of nitrogen functional groups attached to an aromatic ring is 1. The maximum absolute atomic E-state index is 13.3. The van der Waals surface area contributed by atoms with Gasteiger partial charge in [-0.15, -0.1) is 5.10 Å². The van der Waals surface area contributed by atoms with Gasteiger partial charge in [0.2, 0.25) is 11.9 Å². The molecule has 0 spiro atoms. The highest BCUT2D eigenvalue weighted by atomic mass is 32.2. The van der Waals surface area contributed by atoms with Crippen LogP contribution >= 0.6 is 0 Å². The van der Waals surface area contributed by atoms with Crippen LogP contribution in [0.25, 0.3) is 0 Å². The van der Waals surface area contributed by atoms with Crippen molar-refractivity contribution in [2.75, 3.05) is 16.9 Å². The van der Waals surface area contributed by atoms with Gasteiger partial charge in [0.05, 0.1) is 28.2 Å². The summed E-state index contributed by atoms with van der Waals surface area (Å²) in [5.74, 6) is 0.164. The van der Waals surface area contributed by atoms with Gasteiger partial charge in [0, 0.05) is 23.2 Å². The lowest BCUT2D eigenvalue weighted by Gasteiger charge is -2.34. The van der Waals surface area contributed by atoms with E-state index in [0.29, 0.717) is 16.9 Å². The van der Waals surface area contributed by atoms with Crippen molar-refractivity contribution < 1.29 is 12.8 Å². The fraction of sp³-hybridized carbons (Fsp3) is 0.182. The second kappa shape index (κ2) is 8.04. The Bertz CT molecular complexity index is 1500. The van der Waals surface area contributed by atoms with E-state index in [-0.39, 0.29) is 33.5 Å². The van der Waals surface area contributed by atoms with Gasteiger partial charge >= 0.3 is 0 Å². The third-order valence-electron chi connectivity index (χ3n) is 5.35. The summed E-state index contributed by atoms with van der Waals surface area (Å²) >= 11 is 0. The number of benzene rings is 2. The topological polar surface area (TPSA) is 142 Å². The van der Waals surface area contributed by atoms with Crippen LogP contribution in [0.1, 0.15) is 29.7 Å². The van der Waals surface area contributed by atoms with Crippen molar-refractivity contribution in [1.29, 1.82) is 10.5 Å². The lowest BCUT2D eigenvalue weighted by atomic mass is 9.95. The highest BCUT2D eigenvalue weighted by Gasteiger charge is 2.37. The first-order valence-corrected chi connectivity index (χ1v) is 11.6. The second-order valence-electron chi connectivity index (χ2n) is 7.50. The molecule has 0 fully saturated rings. The molecule has 33 heavy (non-hydrogen) atoms. The minimum Gasteiger partial charge on any atom is -0.366 e. The van der Waals surface area contributed by atoms with Crippen LogP contribution in [0.15, 0.2) is 58.6 Å². The lowest BCUT2D eigenvalue weighted by Crippen LogP contribution is -2.31. The van der Waals surface area contributed by atoms with Crippen molar-refractivity contribution in [3.05, 3.63) is 70.4 Å². The van der Waals surface area contributed by atoms with Gasteiger partial charge in [-0.05, 0) is 36.8 Å². The number of hydrogen-bond acceptors (Lipinski definition) is 8. The number of rotatable bonds is 4. The molecular weight excluding hydrogens is 445 g/mol. The first-order valence-electron chi connectivity index (χ1n) is 9.71. The Morgan fingerprint density at radius 3 is 2.58 bits per heavy atom. The molecule has 0 saturated heterocycles. The molecule has 3 aromatic rings. The molecule has 9 nitrogen and oxygen atoms in total. The Kier molecular flexibility index (Phi) is 5.36. The monoisotopic (exact) mass is 463 g/mol. The fourth-order valence-corrected chi connectivity index (χ4v) is 4.86. The lowest BCUT2D eigenvalue weighted by molar-refractivity contribution is 0.485. The normalized spacial score (nSPS) is 15.7. The van der Waals surface area contributed by atoms with Gasteiger partial charge in [-0.1, -0.05) is 18.2 Å². The number of hydrogen-bond donors (Lipinski definition) is 1. The quantitative estimate of drug-likeness (QED) is 0.622. The van der Waals surface area contributed by atoms with Gasteiger partial charge in [-0.2, -0.15) is 15.5 Å². The van der Waals surface area contributed by atoms with Crippen LogP contribution in [-0.2, 0) is 16.5 Å². The first-order chi connectivity index (χ1) is 15.7. The molecule has 2 N–H and O–H groups in total. The number of allylic oxidation sites excluding steroid dienone is 2. The van der Waals surface area contributed by atoms with E-state index in [9.17, 15) is 23.3 Å². The zero-order chi connectivity index (χ0) is 23.9. The molecule has 166 valence electrons. The highest BCUT2D eigenvalue weighted by Crippen LogP contribution is 2.43. The molecule has 1 aliphatic rings. The largest absolute Gasteiger partial charge is 0.366 e. The van der Waals surface area contributed by atoms with Gasteiger partial charge in [0.1, 0.15) is 12.7 Å². The summed E-state index contributed by atoms with van der Waals surface area (Å²) in [6.07, 6.45) is 1.03. The van der Waals surface area contributed by atoms with Crippen molar-refractivity contribution in [1.82, 2.24) is 14.8 Å². The molecule has 4 rings (SSSR count). The minimum atomic E-state index is -3.77. The van der Waals surface area contributed by atoms with E-state index in [4.69, 9.17) is 5.73 Å². The Morgan fingerprint density at radius 2 is 1.94 bits per heavy atom. The SMILES string of the molecule is CC1=C(C#N)[C@@H](c2ccc(C#N)cc2S(C)(=O)=O)n2nc(N)nc2N1c1cccc(CF)c1. The van der Waals surface area contributed by atoms with Crippen LogP contribution in [-0.4, -0.2) is 29.4 Å². The number of halogens is 1. The van der Waals surface area contributed by atoms with E-state index in [0.717, 1.165) is 6.26 Å². The summed E-state index contributed by atoms with van der Waals surface area (Å²) in [7, 11) is -3.77. The van der Waals surface area contributed by atoms with E-state index in [1.807, 2.05) is 6.07 Å². The average Bonchev–Trinajstić information content (AvgIpc) is 3.17. The predicted molar refractivity (Wildman–Crippen MR) is 119 cm³/mol. The number of nitrogens with zero attached hydrogens (tertiary/aromatic N) is 6. The van der Waals surface area contributed by atoms with Gasteiger partial charge < -0.3 is 5.73 Å². The maximum Gasteiger partial charge on any atom is 0.241 e. The molecule has 0 aliphatic carbocycles. The number of alkyl halides is 1. The molecular formula is C22H18FN7O2S. The molecule has 2 heterocycles. The summed E-state index contributed by atoms with van der Waals surface area (Å²) in [5, 5.41) is 23.6. The van der Waals surface area contributed by atoms with Crippen molar-refractivity contribution in [3.8, 4) is 12.1 Å². The summed E-state index contributed by atoms with van der Waals surface area (Å²) in [6.45, 7) is 1.02. The summed E-state index contributed by atoms with van der Waals surface area (Å²) in [6, 6.07) is 14.1. The molecule has 11 heteroatoms. The van der Waals surface area contributed by atoms with Crippen molar-refractivity contribution in [2.24, 2.45) is 0 Å². The van der Waals surface area contributed by atoms with E-state index < -0.39 is 22.6 Å². The molecule has 0 bridgehead atoms. The standard InChI is InChI=1S/C22H18FN7O2S/c1-13-18(12-25)20(17-7-6-15(11-24)9-19(17)33(2,31)32)30-22(27-21(26)28-30)29(13)16-5-3-4-14(8-16)10-23/h3-9,20H,10H2,1-2H3,(H2,26,28)/t20-/m1/s1. The average molecular weight is 463 g/mol. The van der Waals surface area contributed by atoms with Crippen molar-refractivity contribution in [2.45, 2.75) is 24.5 Å². The Morgan fingerprint density at radius 1 is 1.18 bits per heavy atom. The van der Waals surface area contributed by atoms with Crippen LogP contribution < -0.4 is 10.6 Å². The molecule has 2 aromatic carbocycles. The van der Waals surface area contributed by atoms with E-state index >= 15 is 0 Å². The van der Waals surface area contributed by atoms with Crippen LogP contribution in [0.3, 0.4) is 0 Å². The van der Waals surface area contributed by atoms with Crippen LogP contribution in [0.2, 0.25) is 0 Å². The molecule has 1 atom stereocenters. The molecule has 0 saturated carbocycles. The third kappa shape index (κ3) is 3.69. The third-order valence-corrected chi connectivity index (χ3v) is 6.51. The molecule has 0 amide bonds. The van der Waals surface area contributed by atoms with Crippen molar-refractivity contribution in [3.63, 3.8) is 0 Å². The van der Waals surface area contributed by atoms with Gasteiger partial charge in [0.15, 0.2) is 9.84 Å². The zero-order valence-electron chi connectivity index (χ0n) is 17.7. The first kappa shape index (κ1) is 22.0. The van der Waals surface area contributed by atoms with Gasteiger partial charge in [-0.25, -0.2) is 17.5 Å². The molecule has 0 unspecified atom stereocenters. The molecule has 1 aliphatic heterocycles. The number of sulfone groups is 1. The smallest absolute Gasteiger partial charge is 0.241 e. The Labute approximate surface area is 189 Å². The van der Waals surface area contributed by atoms with Crippen LogP contribution in [0.5, 0.6) is 0 Å². The van der Waals surface area contributed by atoms with Crippen LogP contribution in [0, 0.1) is 22.7 Å². The Hall–Kier alpha value is -4.22. The fourth-order valence-electron chi connectivity index (χ4n) is 3.92. The number of anilines is 3. The molecule has 0 radical (unpaired) electrons. The van der Waals surface area contributed by atoms with E-state index in [1.54, 1.807) is 36.1 Å². The minimum absolute atomic E-state index is 0.0804. The molecule has 1 aromatic heterocycles. The van der Waals surface area contributed by atoms with E-state index in [2.05, 4.69) is 16.2 Å². The predicted octanol–water partition coefficient (Wildman–Crippen LogP) is 3.14. The second-order valence-corrected chi connectivity index (χ2v) is 9.49. The number of nitriles is 2. The van der Waals surface area contributed by atoms with E-state index in [1.165, 1.54) is 22.9 Å². The van der Waals surface area contributed by atoms with Crippen molar-refractivity contribution >= 4 is 27.4 Å². The van der Waals surface area contributed by atoms with Crippen LogP contribution in [0.4, 0.5) is 22.0 Å². The number of aromatic nitrogens is 3. The summed E-state index contributed by atoms with van der Waals surface area (Å²) < 4.78 is 39.9. The summed E-state index contributed by atoms with van der Waals surface area (Å²) in [4.78, 5) is 5.83. The van der Waals surface area contributed by atoms with Gasteiger partial charge in [-0.3, -0.25) is 4.90 Å². The number of nitrogens with two attached hydrogens (primary N) is 1. The highest BCUT2D eigenvalue weighted by molar-refractivity contribution is 7.90. The number of fused-ring (bicyclic) bond motifs is 1. The summed E-state index contributed by atoms with van der Waals surface area (Å²) in [5.41, 5.74) is 7.97. The maximum atomic E-state index is 13.3. The zero-order valence-corrected chi connectivity index (χ0v) is 18.5. The Balaban J connectivity index is 2.03. The van der Waals surface area contributed by atoms with Gasteiger partial charge in [0.25, 0.3) is 0 Å².